The number of anilines is 1. The van der Waals surface area contributed by atoms with Gasteiger partial charge in [-0.1, -0.05) is 17.7 Å². The predicted octanol–water partition coefficient (Wildman–Crippen LogP) is 2.54. The first-order valence-corrected chi connectivity index (χ1v) is 4.35. The van der Waals surface area contributed by atoms with Crippen molar-refractivity contribution in [2.45, 2.75) is 6.92 Å². The third kappa shape index (κ3) is 2.40. The maximum atomic E-state index is 11.2. The lowest BCUT2D eigenvalue weighted by Crippen LogP contribution is -2.16. The van der Waals surface area contributed by atoms with E-state index in [2.05, 4.69) is 0 Å². The monoisotopic (exact) mass is 184 g/mol. The van der Waals surface area contributed by atoms with Crippen LogP contribution in [0.25, 0.3) is 0 Å². The summed E-state index contributed by atoms with van der Waals surface area (Å²) in [5.41, 5.74) is 1.82. The van der Waals surface area contributed by atoms with Crippen LogP contribution in [0.4, 0.5) is 5.69 Å². The second kappa shape index (κ2) is 4.33. The molecule has 0 N–H and O–H groups in total. The van der Waals surface area contributed by atoms with Crippen molar-refractivity contribution in [3.05, 3.63) is 35.0 Å². The molecule has 0 unspecified atom stereocenters. The van der Waals surface area contributed by atoms with Gasteiger partial charge in [0.15, 0.2) is 0 Å². The summed E-state index contributed by atoms with van der Waals surface area (Å²) in [5, 5.41) is 12.1. The summed E-state index contributed by atoms with van der Waals surface area (Å²) in [7, 11) is 0. The van der Waals surface area contributed by atoms with Gasteiger partial charge >= 0.3 is 0 Å². The van der Waals surface area contributed by atoms with E-state index in [1.165, 1.54) is 0 Å². The van der Waals surface area contributed by atoms with Crippen molar-refractivity contribution in [2.75, 3.05) is 17.5 Å². The largest absolute Gasteiger partial charge is 0.758 e. The van der Waals surface area contributed by atoms with E-state index in [1.54, 1.807) is 12.1 Å². The molecular weight excluding hydrogens is 174 g/mol. The van der Waals surface area contributed by atoms with Crippen LogP contribution >= 0.6 is 11.6 Å². The van der Waals surface area contributed by atoms with Crippen molar-refractivity contribution >= 4 is 17.3 Å². The molecule has 0 amide bonds. The van der Waals surface area contributed by atoms with Gasteiger partial charge in [-0.3, -0.25) is 0 Å². The van der Waals surface area contributed by atoms with Crippen molar-refractivity contribution in [1.82, 2.24) is 0 Å². The first-order valence-electron chi connectivity index (χ1n) is 3.81. The minimum atomic E-state index is 0.338. The van der Waals surface area contributed by atoms with Crippen LogP contribution in [0.15, 0.2) is 24.3 Å². The highest BCUT2D eigenvalue weighted by Crippen LogP contribution is 2.13. The smallest absolute Gasteiger partial charge is 0.0390 e. The molecule has 0 aliphatic rings. The Balaban J connectivity index is 2.68. The molecule has 1 rings (SSSR count). The molecule has 0 bridgehead atoms. The molecule has 3 heteroatoms. The van der Waals surface area contributed by atoms with Crippen LogP contribution in [0.2, 0.25) is 0 Å². The summed E-state index contributed by atoms with van der Waals surface area (Å²) in [6.45, 7) is 2.32. The van der Waals surface area contributed by atoms with Crippen LogP contribution in [0.3, 0.4) is 0 Å². The lowest BCUT2D eigenvalue weighted by molar-refractivity contribution is 1.03. The van der Waals surface area contributed by atoms with E-state index in [-0.39, 0.29) is 0 Å². The molecule has 0 heterocycles. The Labute approximate surface area is 77.3 Å². The van der Waals surface area contributed by atoms with Crippen molar-refractivity contribution in [3.63, 3.8) is 0 Å². The Hall–Kier alpha value is -0.730. The van der Waals surface area contributed by atoms with Crippen LogP contribution in [-0.4, -0.2) is 12.4 Å². The number of benzene rings is 1. The molecule has 0 saturated carbocycles. The van der Waals surface area contributed by atoms with Crippen molar-refractivity contribution in [2.24, 2.45) is 0 Å². The normalized spacial score (nSPS) is 9.92. The summed E-state index contributed by atoms with van der Waals surface area (Å²) in [4.78, 5) is 0. The zero-order valence-corrected chi connectivity index (χ0v) is 7.71. The average molecular weight is 185 g/mol. The van der Waals surface area contributed by atoms with Crippen molar-refractivity contribution < 1.29 is 0 Å². The van der Waals surface area contributed by atoms with Gasteiger partial charge in [-0.2, -0.15) is 0 Å². The molecule has 0 spiro atoms. The molecule has 0 radical (unpaired) electrons. The van der Waals surface area contributed by atoms with Crippen LogP contribution in [-0.2, 0) is 0 Å². The second-order valence-electron chi connectivity index (χ2n) is 2.63. The number of alkyl halides is 1. The molecule has 0 aliphatic carbocycles. The lowest BCUT2D eigenvalue weighted by atomic mass is 10.2. The minimum Gasteiger partial charge on any atom is -0.758 e. The summed E-state index contributed by atoms with van der Waals surface area (Å²) in [6, 6.07) is 7.42. The minimum absolute atomic E-state index is 0.338. The summed E-state index contributed by atoms with van der Waals surface area (Å²) < 4.78 is 0. The van der Waals surface area contributed by atoms with E-state index in [9.17, 15) is 5.21 Å². The summed E-state index contributed by atoms with van der Waals surface area (Å²) in [5.74, 6) is 0.359. The Bertz CT molecular complexity index is 235. The van der Waals surface area contributed by atoms with Gasteiger partial charge in [-0.15, -0.1) is 11.6 Å². The van der Waals surface area contributed by atoms with Gasteiger partial charge in [0.25, 0.3) is 0 Å². The van der Waals surface area contributed by atoms with Gasteiger partial charge < -0.3 is 10.3 Å². The van der Waals surface area contributed by atoms with Gasteiger partial charge in [0, 0.05) is 18.1 Å². The maximum absolute atomic E-state index is 11.2. The number of nitrogens with zero attached hydrogens (tertiary/aromatic N) is 1. The standard InChI is InChI=1S/C9H11ClNO/c1-8-2-4-9(5-3-8)11(12)7-6-10/h2-5H,6-7H2,1H3/q-1. The predicted molar refractivity (Wildman–Crippen MR) is 52.6 cm³/mol. The number of aryl methyl sites for hydroxylation is 1. The maximum Gasteiger partial charge on any atom is 0.0390 e. The fraction of sp³-hybridized carbons (Fsp3) is 0.333. The van der Waals surface area contributed by atoms with Crippen molar-refractivity contribution in [1.29, 1.82) is 0 Å². The van der Waals surface area contributed by atoms with Gasteiger partial charge in [-0.05, 0) is 19.1 Å². The zero-order valence-electron chi connectivity index (χ0n) is 6.96. The number of hydrogen-bond acceptors (Lipinski definition) is 2. The zero-order chi connectivity index (χ0) is 8.97. The highest BCUT2D eigenvalue weighted by atomic mass is 35.5. The number of rotatable bonds is 3. The van der Waals surface area contributed by atoms with Gasteiger partial charge in [0.2, 0.25) is 0 Å². The highest BCUT2D eigenvalue weighted by Gasteiger charge is 1.92. The molecule has 1 aromatic carbocycles. The SMILES string of the molecule is Cc1ccc(N([O-])CCCl)cc1. The van der Waals surface area contributed by atoms with Gasteiger partial charge in [0.1, 0.15) is 0 Å². The molecule has 12 heavy (non-hydrogen) atoms. The molecule has 2 nitrogen and oxygen atoms in total. The Morgan fingerprint density at radius 2 is 1.92 bits per heavy atom. The van der Waals surface area contributed by atoms with E-state index in [0.29, 0.717) is 18.1 Å². The Morgan fingerprint density at radius 3 is 2.42 bits per heavy atom. The fourth-order valence-corrected chi connectivity index (χ4v) is 1.07. The van der Waals surface area contributed by atoms with E-state index in [0.717, 1.165) is 10.6 Å². The Kier molecular flexibility index (Phi) is 3.38. The summed E-state index contributed by atoms with van der Waals surface area (Å²) >= 11 is 5.44. The lowest BCUT2D eigenvalue weighted by Gasteiger charge is -2.29. The molecule has 0 aromatic heterocycles. The molecule has 0 atom stereocenters. The average Bonchev–Trinajstić information content (AvgIpc) is 2.06. The van der Waals surface area contributed by atoms with E-state index < -0.39 is 0 Å². The third-order valence-electron chi connectivity index (χ3n) is 1.61. The van der Waals surface area contributed by atoms with Crippen LogP contribution in [0.1, 0.15) is 5.56 Å². The number of hydrogen-bond donors (Lipinski definition) is 0. The second-order valence-corrected chi connectivity index (χ2v) is 3.00. The van der Waals surface area contributed by atoms with E-state index in [1.807, 2.05) is 19.1 Å². The first-order chi connectivity index (χ1) is 5.74. The number of halogens is 1. The van der Waals surface area contributed by atoms with Gasteiger partial charge in [0.05, 0.1) is 0 Å². The molecule has 0 saturated heterocycles. The summed E-state index contributed by atoms with van der Waals surface area (Å²) in [6.07, 6.45) is 0. The van der Waals surface area contributed by atoms with Crippen LogP contribution in [0, 0.1) is 12.1 Å². The van der Waals surface area contributed by atoms with Crippen molar-refractivity contribution in [3.8, 4) is 0 Å². The fourth-order valence-electron chi connectivity index (χ4n) is 0.917. The number of hydroxylamine groups is 1. The molecule has 1 aromatic rings. The van der Waals surface area contributed by atoms with Crippen LogP contribution in [0.5, 0.6) is 0 Å². The highest BCUT2D eigenvalue weighted by molar-refractivity contribution is 6.18. The topological polar surface area (TPSA) is 26.3 Å². The molecular formula is C9H11ClNO-. The van der Waals surface area contributed by atoms with Crippen LogP contribution < -0.4 is 5.06 Å². The molecule has 66 valence electrons. The first kappa shape index (κ1) is 9.36. The van der Waals surface area contributed by atoms with Gasteiger partial charge in [-0.25, -0.2) is 0 Å². The Morgan fingerprint density at radius 1 is 1.33 bits per heavy atom. The van der Waals surface area contributed by atoms with E-state index >= 15 is 0 Å². The molecule has 0 aliphatic heterocycles. The quantitative estimate of drug-likeness (QED) is 0.533. The van der Waals surface area contributed by atoms with E-state index in [4.69, 9.17) is 11.6 Å². The molecule has 0 fully saturated rings. The third-order valence-corrected chi connectivity index (χ3v) is 1.78.